The van der Waals surface area contributed by atoms with Crippen molar-refractivity contribution in [3.63, 3.8) is 0 Å². The van der Waals surface area contributed by atoms with Crippen LogP contribution < -0.4 is 4.74 Å². The first-order valence-corrected chi connectivity index (χ1v) is 5.90. The summed E-state index contributed by atoms with van der Waals surface area (Å²) in [6.07, 6.45) is 0. The highest BCUT2D eigenvalue weighted by molar-refractivity contribution is 14.1. The van der Waals surface area contributed by atoms with Crippen LogP contribution in [0.4, 0.5) is 4.39 Å². The minimum absolute atomic E-state index is 0.0774. The van der Waals surface area contributed by atoms with E-state index in [0.29, 0.717) is 5.75 Å². The van der Waals surface area contributed by atoms with Crippen molar-refractivity contribution in [3.8, 4) is 17.6 Å². The minimum atomic E-state index is -0.573. The Bertz CT molecular complexity index is 592. The lowest BCUT2D eigenvalue weighted by Gasteiger charge is -2.07. The molecule has 0 atom stereocenters. The van der Waals surface area contributed by atoms with Gasteiger partial charge in [-0.05, 0) is 52.9 Å². The number of ether oxygens (including phenoxy) is 1. The van der Waals surface area contributed by atoms with Gasteiger partial charge in [0.05, 0.1) is 0 Å². The number of nitriles is 1. The van der Waals surface area contributed by atoms with Crippen molar-refractivity contribution in [1.29, 1.82) is 5.26 Å². The van der Waals surface area contributed by atoms with Crippen molar-refractivity contribution in [2.75, 3.05) is 0 Å². The molecule has 0 aliphatic heterocycles. The molecule has 0 N–H and O–H groups in total. The van der Waals surface area contributed by atoms with Crippen LogP contribution in [0.1, 0.15) is 5.56 Å². The molecule has 0 heterocycles. The van der Waals surface area contributed by atoms with Gasteiger partial charge in [-0.15, -0.1) is 0 Å². The average molecular weight is 339 g/mol. The highest BCUT2D eigenvalue weighted by atomic mass is 127. The summed E-state index contributed by atoms with van der Waals surface area (Å²) >= 11 is 2.15. The molecular weight excluding hydrogens is 332 g/mol. The van der Waals surface area contributed by atoms with E-state index in [1.165, 1.54) is 12.1 Å². The third-order valence-corrected chi connectivity index (χ3v) is 2.78. The van der Waals surface area contributed by atoms with Gasteiger partial charge in [0.2, 0.25) is 0 Å². The van der Waals surface area contributed by atoms with E-state index in [0.717, 1.165) is 3.57 Å². The maximum atomic E-state index is 13.3. The highest BCUT2D eigenvalue weighted by Crippen LogP contribution is 2.27. The van der Waals surface area contributed by atoms with Crippen molar-refractivity contribution in [3.05, 3.63) is 57.4 Å². The number of benzene rings is 2. The van der Waals surface area contributed by atoms with Crippen molar-refractivity contribution in [2.24, 2.45) is 0 Å². The topological polar surface area (TPSA) is 33.0 Å². The van der Waals surface area contributed by atoms with Gasteiger partial charge < -0.3 is 4.74 Å². The van der Waals surface area contributed by atoms with Crippen molar-refractivity contribution in [1.82, 2.24) is 0 Å². The van der Waals surface area contributed by atoms with E-state index in [2.05, 4.69) is 22.6 Å². The quantitative estimate of drug-likeness (QED) is 0.772. The second-order valence-corrected chi connectivity index (χ2v) is 4.53. The molecule has 0 saturated heterocycles. The second-order valence-electron chi connectivity index (χ2n) is 3.28. The Hall–Kier alpha value is -1.61. The Labute approximate surface area is 112 Å². The smallest absolute Gasteiger partial charge is 0.148 e. The Morgan fingerprint density at radius 2 is 1.94 bits per heavy atom. The molecule has 0 aromatic heterocycles. The molecule has 0 radical (unpaired) electrons. The zero-order valence-corrected chi connectivity index (χ0v) is 10.8. The molecule has 17 heavy (non-hydrogen) atoms. The van der Waals surface area contributed by atoms with Gasteiger partial charge in [0.25, 0.3) is 0 Å². The Kier molecular flexibility index (Phi) is 3.59. The Morgan fingerprint density at radius 1 is 1.18 bits per heavy atom. The van der Waals surface area contributed by atoms with Crippen LogP contribution in [0.25, 0.3) is 0 Å². The molecule has 2 aromatic rings. The summed E-state index contributed by atoms with van der Waals surface area (Å²) in [4.78, 5) is 0. The molecule has 0 amide bonds. The maximum Gasteiger partial charge on any atom is 0.148 e. The van der Waals surface area contributed by atoms with Crippen LogP contribution in [0.15, 0.2) is 42.5 Å². The molecule has 0 aliphatic carbocycles. The average Bonchev–Trinajstić information content (AvgIpc) is 2.29. The van der Waals surface area contributed by atoms with E-state index in [1.807, 2.05) is 18.2 Å². The van der Waals surface area contributed by atoms with Gasteiger partial charge in [0, 0.05) is 3.57 Å². The molecule has 0 unspecified atom stereocenters. The molecule has 0 bridgehead atoms. The number of nitrogens with zero attached hydrogens (tertiary/aromatic N) is 1. The summed E-state index contributed by atoms with van der Waals surface area (Å²) in [5.74, 6) is 0.240. The first kappa shape index (κ1) is 11.9. The molecule has 2 nitrogen and oxygen atoms in total. The fourth-order valence-electron chi connectivity index (χ4n) is 1.36. The normalized spacial score (nSPS) is 9.71. The van der Waals surface area contributed by atoms with Crippen molar-refractivity contribution < 1.29 is 9.13 Å². The van der Waals surface area contributed by atoms with Crippen LogP contribution in [-0.2, 0) is 0 Å². The van der Waals surface area contributed by atoms with E-state index in [9.17, 15) is 4.39 Å². The van der Waals surface area contributed by atoms with Gasteiger partial charge >= 0.3 is 0 Å². The standard InChI is InChI=1S/C13H7FINO/c14-12-5-2-6-13(11(12)8-16)17-10-4-1-3-9(15)7-10/h1-7H. The Morgan fingerprint density at radius 3 is 2.65 bits per heavy atom. The van der Waals surface area contributed by atoms with E-state index < -0.39 is 5.82 Å². The SMILES string of the molecule is N#Cc1c(F)cccc1Oc1cccc(I)c1. The predicted molar refractivity (Wildman–Crippen MR) is 70.3 cm³/mol. The summed E-state index contributed by atoms with van der Waals surface area (Å²) in [5.41, 5.74) is -0.0774. The van der Waals surface area contributed by atoms with E-state index in [1.54, 1.807) is 18.2 Å². The molecule has 84 valence electrons. The molecule has 0 spiro atoms. The van der Waals surface area contributed by atoms with Crippen molar-refractivity contribution in [2.45, 2.75) is 0 Å². The largest absolute Gasteiger partial charge is 0.456 e. The third-order valence-electron chi connectivity index (χ3n) is 2.11. The number of hydrogen-bond donors (Lipinski definition) is 0. The Balaban J connectivity index is 2.37. The van der Waals surface area contributed by atoms with Gasteiger partial charge in [-0.2, -0.15) is 5.26 Å². The van der Waals surface area contributed by atoms with Crippen LogP contribution in [0, 0.1) is 20.7 Å². The molecule has 2 rings (SSSR count). The zero-order valence-electron chi connectivity index (χ0n) is 8.65. The number of rotatable bonds is 2. The van der Waals surface area contributed by atoms with Gasteiger partial charge in [-0.1, -0.05) is 12.1 Å². The molecule has 0 aliphatic rings. The van der Waals surface area contributed by atoms with Gasteiger partial charge in [0.1, 0.15) is 28.9 Å². The third kappa shape index (κ3) is 2.74. The molecular formula is C13H7FINO. The van der Waals surface area contributed by atoms with Gasteiger partial charge in [0.15, 0.2) is 0 Å². The lowest BCUT2D eigenvalue weighted by molar-refractivity contribution is 0.474. The van der Waals surface area contributed by atoms with Crippen LogP contribution in [0.2, 0.25) is 0 Å². The van der Waals surface area contributed by atoms with E-state index >= 15 is 0 Å². The van der Waals surface area contributed by atoms with Crippen molar-refractivity contribution >= 4 is 22.6 Å². The monoisotopic (exact) mass is 339 g/mol. The number of hydrogen-bond acceptors (Lipinski definition) is 2. The maximum absolute atomic E-state index is 13.3. The summed E-state index contributed by atoms with van der Waals surface area (Å²) in [6.45, 7) is 0. The van der Waals surface area contributed by atoms with Crippen LogP contribution in [-0.4, -0.2) is 0 Å². The summed E-state index contributed by atoms with van der Waals surface area (Å²) in [6, 6.07) is 13.4. The van der Waals surface area contributed by atoms with Gasteiger partial charge in [-0.25, -0.2) is 4.39 Å². The molecule has 2 aromatic carbocycles. The van der Waals surface area contributed by atoms with Crippen LogP contribution >= 0.6 is 22.6 Å². The summed E-state index contributed by atoms with van der Waals surface area (Å²) in [7, 11) is 0. The summed E-state index contributed by atoms with van der Waals surface area (Å²) in [5, 5.41) is 8.86. The fourth-order valence-corrected chi connectivity index (χ4v) is 1.87. The molecule has 0 saturated carbocycles. The van der Waals surface area contributed by atoms with Gasteiger partial charge in [-0.3, -0.25) is 0 Å². The van der Waals surface area contributed by atoms with Crippen LogP contribution in [0.3, 0.4) is 0 Å². The highest BCUT2D eigenvalue weighted by Gasteiger charge is 2.09. The van der Waals surface area contributed by atoms with E-state index in [4.69, 9.17) is 10.00 Å². The first-order valence-electron chi connectivity index (χ1n) is 4.83. The summed E-state index contributed by atoms with van der Waals surface area (Å²) < 4.78 is 19.8. The minimum Gasteiger partial charge on any atom is -0.456 e. The molecule has 4 heteroatoms. The lowest BCUT2D eigenvalue weighted by Crippen LogP contribution is -1.91. The van der Waals surface area contributed by atoms with Crippen LogP contribution in [0.5, 0.6) is 11.5 Å². The lowest BCUT2D eigenvalue weighted by atomic mass is 10.2. The first-order chi connectivity index (χ1) is 8.20. The zero-order chi connectivity index (χ0) is 12.3. The fraction of sp³-hybridized carbons (Fsp3) is 0. The molecule has 0 fully saturated rings. The number of halogens is 2. The predicted octanol–water partition coefficient (Wildman–Crippen LogP) is 4.09. The van der Waals surface area contributed by atoms with E-state index in [-0.39, 0.29) is 11.3 Å². The second kappa shape index (κ2) is 5.15.